The van der Waals surface area contributed by atoms with Crippen LogP contribution < -0.4 is 0 Å². The van der Waals surface area contributed by atoms with E-state index in [9.17, 15) is 39.5 Å². The monoisotopic (exact) mass is 370 g/mol. The van der Waals surface area contributed by atoms with E-state index in [-0.39, 0.29) is 6.19 Å². The SMILES string of the molecule is N#CN(C(OCCl)(OC(F)F)OC(F)(F)F)C(F)(F)C(F)F. The number of halogens is 10. The summed E-state index contributed by atoms with van der Waals surface area (Å²) in [7, 11) is 0. The molecule has 1 atom stereocenters. The Balaban J connectivity index is 6.02. The molecule has 0 radical (unpaired) electrons. The number of alkyl halides is 10. The van der Waals surface area contributed by atoms with Gasteiger partial charge < -0.3 is 0 Å². The predicted molar refractivity (Wildman–Crippen MR) is 47.2 cm³/mol. The fourth-order valence-corrected chi connectivity index (χ4v) is 1.12. The summed E-state index contributed by atoms with van der Waals surface area (Å²) in [4.78, 5) is -1.87. The summed E-state index contributed by atoms with van der Waals surface area (Å²) in [6.07, 6.45) is -15.5. The summed E-state index contributed by atoms with van der Waals surface area (Å²) < 4.78 is 121. The fourth-order valence-electron chi connectivity index (χ4n) is 0.986. The van der Waals surface area contributed by atoms with Gasteiger partial charge in [-0.25, -0.2) is 18.3 Å². The zero-order chi connectivity index (χ0) is 17.8. The first-order valence-corrected chi connectivity index (χ1v) is 5.14. The Morgan fingerprint density at radius 1 is 1.09 bits per heavy atom. The van der Waals surface area contributed by atoms with E-state index in [2.05, 4.69) is 14.2 Å². The first-order chi connectivity index (χ1) is 9.82. The Bertz CT molecular complexity index is 402. The van der Waals surface area contributed by atoms with Crippen molar-refractivity contribution in [2.24, 2.45) is 0 Å². The average Bonchev–Trinajstić information content (AvgIpc) is 2.25. The van der Waals surface area contributed by atoms with Crippen molar-refractivity contribution in [2.45, 2.75) is 31.5 Å². The van der Waals surface area contributed by atoms with Crippen LogP contribution in [-0.4, -0.2) is 42.5 Å². The van der Waals surface area contributed by atoms with Crippen molar-refractivity contribution in [1.82, 2.24) is 4.90 Å². The molecule has 0 aromatic heterocycles. The molecule has 0 N–H and O–H groups in total. The molecule has 0 aliphatic heterocycles. The molecule has 0 aromatic rings. The standard InChI is InChI=1S/C7H4ClF9N2O3/c8-1-20-7(21-4(11)12,22-6(15,16)17)19(2-18)5(13,14)3(9)10/h3-4H,1H2. The van der Waals surface area contributed by atoms with Crippen LogP contribution in [0.2, 0.25) is 0 Å². The zero-order valence-corrected chi connectivity index (χ0v) is 10.5. The lowest BCUT2D eigenvalue weighted by Crippen LogP contribution is -2.63. The van der Waals surface area contributed by atoms with Crippen LogP contribution in [0.3, 0.4) is 0 Å². The first-order valence-electron chi connectivity index (χ1n) is 4.61. The molecule has 5 nitrogen and oxygen atoms in total. The quantitative estimate of drug-likeness (QED) is 0.164. The minimum Gasteiger partial charge on any atom is -0.292 e. The van der Waals surface area contributed by atoms with Crippen LogP contribution in [0.1, 0.15) is 0 Å². The van der Waals surface area contributed by atoms with E-state index < -0.39 is 42.5 Å². The highest BCUT2D eigenvalue weighted by Crippen LogP contribution is 2.39. The smallest absolute Gasteiger partial charge is 0.292 e. The molecule has 15 heteroatoms. The first kappa shape index (κ1) is 20.8. The second-order valence-corrected chi connectivity index (χ2v) is 3.25. The van der Waals surface area contributed by atoms with Gasteiger partial charge in [-0.2, -0.15) is 27.7 Å². The third-order valence-corrected chi connectivity index (χ3v) is 1.76. The maximum atomic E-state index is 13.1. The highest BCUT2D eigenvalue weighted by molar-refractivity contribution is 6.17. The zero-order valence-electron chi connectivity index (χ0n) is 9.76. The van der Waals surface area contributed by atoms with Gasteiger partial charge in [0.1, 0.15) is 6.07 Å². The molecule has 0 spiro atoms. The van der Waals surface area contributed by atoms with Crippen LogP contribution in [0.25, 0.3) is 0 Å². The largest absolute Gasteiger partial charge is 0.528 e. The van der Waals surface area contributed by atoms with Gasteiger partial charge in [0.25, 0.3) is 0 Å². The van der Waals surface area contributed by atoms with E-state index in [4.69, 9.17) is 16.9 Å². The molecule has 0 aromatic carbocycles. The Hall–Kier alpha value is -1.17. The third kappa shape index (κ3) is 5.23. The van der Waals surface area contributed by atoms with E-state index >= 15 is 0 Å². The van der Waals surface area contributed by atoms with E-state index in [1.165, 1.54) is 0 Å². The molecular formula is C7H4ClF9N2O3. The lowest BCUT2D eigenvalue weighted by Gasteiger charge is -2.40. The van der Waals surface area contributed by atoms with E-state index in [1.807, 2.05) is 0 Å². The topological polar surface area (TPSA) is 54.7 Å². The van der Waals surface area contributed by atoms with Crippen LogP contribution >= 0.6 is 11.6 Å². The maximum Gasteiger partial charge on any atom is 0.528 e. The molecule has 130 valence electrons. The third-order valence-electron chi connectivity index (χ3n) is 1.65. The predicted octanol–water partition coefficient (Wildman–Crippen LogP) is 3.23. The van der Waals surface area contributed by atoms with Crippen LogP contribution in [0.15, 0.2) is 0 Å². The summed E-state index contributed by atoms with van der Waals surface area (Å²) in [5.41, 5.74) is 0. The number of rotatable bonds is 8. The molecule has 0 saturated heterocycles. The Labute approximate surface area is 120 Å². The second kappa shape index (κ2) is 7.40. The second-order valence-electron chi connectivity index (χ2n) is 3.03. The molecule has 0 aliphatic rings. The van der Waals surface area contributed by atoms with Gasteiger partial charge >= 0.3 is 31.5 Å². The van der Waals surface area contributed by atoms with Crippen molar-refractivity contribution in [3.63, 3.8) is 0 Å². The lowest BCUT2D eigenvalue weighted by atomic mass is 10.5. The number of nitriles is 1. The van der Waals surface area contributed by atoms with Crippen molar-refractivity contribution in [1.29, 1.82) is 5.26 Å². The molecule has 0 heterocycles. The minimum atomic E-state index is -6.01. The summed E-state index contributed by atoms with van der Waals surface area (Å²) >= 11 is 4.77. The Kier molecular flexibility index (Phi) is 7.00. The average molecular weight is 371 g/mol. The molecule has 0 bridgehead atoms. The minimum absolute atomic E-state index is 0.114. The van der Waals surface area contributed by atoms with Gasteiger partial charge in [0.2, 0.25) is 0 Å². The van der Waals surface area contributed by atoms with E-state index in [1.54, 1.807) is 0 Å². The molecule has 0 saturated carbocycles. The Morgan fingerprint density at radius 2 is 1.59 bits per heavy atom. The molecule has 22 heavy (non-hydrogen) atoms. The van der Waals surface area contributed by atoms with Gasteiger partial charge in [0, 0.05) is 0 Å². The summed E-state index contributed by atoms with van der Waals surface area (Å²) in [6, 6.07) is -7.29. The van der Waals surface area contributed by atoms with Crippen LogP contribution in [0, 0.1) is 11.5 Å². The number of hydrogen-bond donors (Lipinski definition) is 0. The van der Waals surface area contributed by atoms with Crippen molar-refractivity contribution < 1.29 is 53.7 Å². The number of nitrogens with zero attached hydrogens (tertiary/aromatic N) is 2. The summed E-state index contributed by atoms with van der Waals surface area (Å²) in [6.45, 7) is -4.30. The molecule has 0 fully saturated rings. The van der Waals surface area contributed by atoms with Gasteiger partial charge in [0.05, 0.1) is 0 Å². The summed E-state index contributed by atoms with van der Waals surface area (Å²) in [5, 5.41) is 8.35. The molecule has 1 unspecified atom stereocenters. The van der Waals surface area contributed by atoms with Gasteiger partial charge in [-0.05, 0) is 0 Å². The van der Waals surface area contributed by atoms with Crippen molar-refractivity contribution in [2.75, 3.05) is 6.07 Å². The molecule has 0 amide bonds. The van der Waals surface area contributed by atoms with Gasteiger partial charge in [-0.1, -0.05) is 11.6 Å². The van der Waals surface area contributed by atoms with Crippen LogP contribution in [-0.2, 0) is 14.2 Å². The molecule has 0 aliphatic carbocycles. The van der Waals surface area contributed by atoms with Crippen molar-refractivity contribution in [3.8, 4) is 6.19 Å². The number of ether oxygens (including phenoxy) is 3. The fraction of sp³-hybridized carbons (Fsp3) is 0.857. The number of hydrogen-bond acceptors (Lipinski definition) is 5. The maximum absolute atomic E-state index is 13.1. The normalized spacial score (nSPS) is 15.8. The van der Waals surface area contributed by atoms with Crippen LogP contribution in [0.4, 0.5) is 39.5 Å². The van der Waals surface area contributed by atoms with Gasteiger partial charge in [0.15, 0.2) is 6.19 Å². The highest BCUT2D eigenvalue weighted by Gasteiger charge is 2.63. The van der Waals surface area contributed by atoms with Crippen LogP contribution in [0.5, 0.6) is 0 Å². The molecular weight excluding hydrogens is 367 g/mol. The van der Waals surface area contributed by atoms with E-state index in [0.717, 1.165) is 0 Å². The lowest BCUT2D eigenvalue weighted by molar-refractivity contribution is -0.556. The van der Waals surface area contributed by atoms with Crippen molar-refractivity contribution in [3.05, 3.63) is 0 Å². The summed E-state index contributed by atoms with van der Waals surface area (Å²) in [5.74, 6) is 0. The highest BCUT2D eigenvalue weighted by atomic mass is 35.5. The Morgan fingerprint density at radius 3 is 1.86 bits per heavy atom. The van der Waals surface area contributed by atoms with E-state index in [0.29, 0.717) is 0 Å². The van der Waals surface area contributed by atoms with Gasteiger partial charge in [-0.3, -0.25) is 4.74 Å². The van der Waals surface area contributed by atoms with Gasteiger partial charge in [-0.15, -0.1) is 13.2 Å². The van der Waals surface area contributed by atoms with Crippen molar-refractivity contribution >= 4 is 11.6 Å². The molecule has 0 rings (SSSR count).